The van der Waals surface area contributed by atoms with Gasteiger partial charge in [-0.05, 0) is 42.7 Å². The van der Waals surface area contributed by atoms with E-state index in [1.54, 1.807) is 12.3 Å². The molecule has 2 aromatic heterocycles. The molecule has 0 atom stereocenters. The molecule has 220 valence electrons. The van der Waals surface area contributed by atoms with Gasteiger partial charge in [0.25, 0.3) is 11.5 Å². The van der Waals surface area contributed by atoms with E-state index in [0.29, 0.717) is 36.5 Å². The van der Waals surface area contributed by atoms with Crippen LogP contribution in [-0.2, 0) is 30.7 Å². The predicted octanol–water partition coefficient (Wildman–Crippen LogP) is 4.87. The number of carbonyl (C=O) groups excluding carboxylic acids is 2. The summed E-state index contributed by atoms with van der Waals surface area (Å²) in [5, 5.41) is 13.5. The molecule has 2 amide bonds. The molecule has 0 radical (unpaired) electrons. The monoisotopic (exact) mass is 603 g/mol. The van der Waals surface area contributed by atoms with Crippen LogP contribution in [0.25, 0.3) is 0 Å². The summed E-state index contributed by atoms with van der Waals surface area (Å²) in [4.78, 5) is 37.1. The fourth-order valence-corrected chi connectivity index (χ4v) is 4.69. The Hall–Kier alpha value is -4.59. The zero-order valence-corrected chi connectivity index (χ0v) is 22.8. The zero-order valence-electron chi connectivity index (χ0n) is 22.0. The van der Waals surface area contributed by atoms with Crippen LogP contribution in [0.15, 0.2) is 71.7 Å². The van der Waals surface area contributed by atoms with Crippen LogP contribution in [-0.4, -0.2) is 32.9 Å². The number of alkyl halides is 3. The third-order valence-electron chi connectivity index (χ3n) is 5.88. The Balaban J connectivity index is 1.21. The molecule has 2 aromatic carbocycles. The molecule has 0 aliphatic heterocycles. The Morgan fingerprint density at radius 3 is 2.52 bits per heavy atom. The smallest absolute Gasteiger partial charge is 0.406 e. The topological polar surface area (TPSA) is 115 Å². The lowest BCUT2D eigenvalue weighted by molar-refractivity contribution is -0.274. The van der Waals surface area contributed by atoms with Gasteiger partial charge in [0, 0.05) is 43.0 Å². The summed E-state index contributed by atoms with van der Waals surface area (Å²) in [6.07, 6.45) is -1.33. The number of benzene rings is 2. The first kappa shape index (κ1) is 30.4. The van der Waals surface area contributed by atoms with Crippen molar-refractivity contribution >= 4 is 28.8 Å². The summed E-state index contributed by atoms with van der Waals surface area (Å²) < 4.78 is 56.5. The Labute approximate surface area is 241 Å². The normalized spacial score (nSPS) is 11.2. The predicted molar refractivity (Wildman–Crippen MR) is 147 cm³/mol. The van der Waals surface area contributed by atoms with Crippen LogP contribution in [0.3, 0.4) is 0 Å². The number of aromatic nitrogens is 3. The van der Waals surface area contributed by atoms with Gasteiger partial charge in [0.05, 0.1) is 6.42 Å². The van der Waals surface area contributed by atoms with Crippen LogP contribution in [0.5, 0.6) is 5.75 Å². The number of amides is 2. The first-order valence-corrected chi connectivity index (χ1v) is 13.6. The average Bonchev–Trinajstić information content (AvgIpc) is 3.41. The number of aryl methyl sites for hydroxylation is 2. The second-order valence-corrected chi connectivity index (χ2v) is 10.2. The highest BCUT2D eigenvalue weighted by molar-refractivity contribution is 7.13. The molecule has 0 bridgehead atoms. The van der Waals surface area contributed by atoms with E-state index in [-0.39, 0.29) is 35.0 Å². The van der Waals surface area contributed by atoms with Gasteiger partial charge >= 0.3 is 6.36 Å². The molecule has 0 aliphatic rings. The maximum absolute atomic E-state index is 14.0. The lowest BCUT2D eigenvalue weighted by Crippen LogP contribution is -2.23. The molecule has 14 heteroatoms. The van der Waals surface area contributed by atoms with Crippen LogP contribution in [0.1, 0.15) is 38.8 Å². The van der Waals surface area contributed by atoms with Crippen LogP contribution in [0, 0.1) is 5.82 Å². The number of hydrogen-bond donors (Lipinski definition) is 2. The van der Waals surface area contributed by atoms with Crippen molar-refractivity contribution < 1.29 is 31.9 Å². The molecule has 0 saturated carbocycles. The summed E-state index contributed by atoms with van der Waals surface area (Å²) in [5.74, 6) is -2.28. The Kier molecular flexibility index (Phi) is 10.0. The highest BCUT2D eigenvalue weighted by Crippen LogP contribution is 2.25. The Bertz CT molecular complexity index is 1590. The number of anilines is 1. The van der Waals surface area contributed by atoms with Crippen molar-refractivity contribution in [2.75, 3.05) is 5.32 Å². The maximum atomic E-state index is 14.0. The molecule has 0 saturated heterocycles. The lowest BCUT2D eigenvalue weighted by Gasteiger charge is -2.11. The number of nitrogens with zero attached hydrogens (tertiary/aromatic N) is 3. The summed E-state index contributed by atoms with van der Waals surface area (Å²) >= 11 is 1.04. The van der Waals surface area contributed by atoms with Gasteiger partial charge in [-0.15, -0.1) is 23.4 Å². The van der Waals surface area contributed by atoms with E-state index in [9.17, 15) is 31.9 Å². The van der Waals surface area contributed by atoms with Crippen molar-refractivity contribution in [1.29, 1.82) is 0 Å². The number of pyridine rings is 1. The summed E-state index contributed by atoms with van der Waals surface area (Å²) in [6.45, 7) is 0.0603. The molecule has 42 heavy (non-hydrogen) atoms. The zero-order chi connectivity index (χ0) is 30.1. The number of carbonyl (C=O) groups is 2. The molecule has 0 spiro atoms. The third kappa shape index (κ3) is 9.23. The van der Waals surface area contributed by atoms with Crippen LogP contribution in [0.4, 0.5) is 23.2 Å². The number of unbranched alkanes of at least 4 members (excludes halogenated alkanes) is 1. The van der Waals surface area contributed by atoms with Crippen molar-refractivity contribution in [1.82, 2.24) is 20.1 Å². The van der Waals surface area contributed by atoms with Crippen molar-refractivity contribution in [3.8, 4) is 5.75 Å². The average molecular weight is 604 g/mol. The minimum atomic E-state index is -4.93. The van der Waals surface area contributed by atoms with Crippen molar-refractivity contribution in [2.24, 2.45) is 0 Å². The van der Waals surface area contributed by atoms with Crippen LogP contribution < -0.4 is 20.9 Å². The molecular formula is C28H25F4N5O4S. The highest BCUT2D eigenvalue weighted by Gasteiger charge is 2.31. The van der Waals surface area contributed by atoms with Crippen molar-refractivity contribution in [2.45, 2.75) is 45.1 Å². The summed E-state index contributed by atoms with van der Waals surface area (Å²) in [5.41, 5.74) is 0.843. The van der Waals surface area contributed by atoms with Crippen LogP contribution in [0.2, 0.25) is 0 Å². The Morgan fingerprint density at radius 1 is 1.00 bits per heavy atom. The minimum absolute atomic E-state index is 0.0224. The van der Waals surface area contributed by atoms with Gasteiger partial charge in [-0.1, -0.05) is 41.7 Å². The number of hydrogen-bond acceptors (Lipinski definition) is 7. The molecular weight excluding hydrogens is 578 g/mol. The molecule has 2 N–H and O–H groups in total. The van der Waals surface area contributed by atoms with Gasteiger partial charge in [0.15, 0.2) is 0 Å². The van der Waals surface area contributed by atoms with E-state index in [1.807, 2.05) is 30.3 Å². The fraction of sp³-hybridized carbons (Fsp3) is 0.250. The van der Waals surface area contributed by atoms with Crippen LogP contribution >= 0.6 is 11.3 Å². The second kappa shape index (κ2) is 13.9. The quantitative estimate of drug-likeness (QED) is 0.176. The SMILES string of the molecule is O=C(Cc1ccccc1)Nc1ccn(CCCCc2nnc(C(=O)NCc3cc(OC(F)(F)F)ccc3F)s2)c(=O)c1. The highest BCUT2D eigenvalue weighted by atomic mass is 32.1. The van der Waals surface area contributed by atoms with Gasteiger partial charge in [0.1, 0.15) is 16.6 Å². The van der Waals surface area contributed by atoms with E-state index in [4.69, 9.17) is 0 Å². The number of nitrogens with one attached hydrogen (secondary N) is 2. The second-order valence-electron chi connectivity index (χ2n) is 9.10. The molecule has 4 aromatic rings. The molecule has 9 nitrogen and oxygen atoms in total. The van der Waals surface area contributed by atoms with Crippen molar-refractivity contribution in [3.05, 3.63) is 104 Å². The first-order valence-electron chi connectivity index (χ1n) is 12.7. The number of halogens is 4. The molecule has 4 rings (SSSR count). The largest absolute Gasteiger partial charge is 0.573 e. The van der Waals surface area contributed by atoms with E-state index in [0.717, 1.165) is 35.1 Å². The fourth-order valence-electron chi connectivity index (χ4n) is 3.90. The number of ether oxygens (including phenoxy) is 1. The van der Waals surface area contributed by atoms with Gasteiger partial charge in [-0.25, -0.2) is 4.39 Å². The number of rotatable bonds is 12. The standard InChI is InChI=1S/C28H25F4N5O4S/c29-22-10-9-21(41-28(30,31)32)15-19(22)17-33-26(40)27-36-35-24(42-27)8-4-5-12-37-13-11-20(16-25(37)39)34-23(38)14-18-6-2-1-3-7-18/h1-3,6-7,9-11,13,15-16H,4-5,8,12,14,17H2,(H,33,40)(H,34,38). The van der Waals surface area contributed by atoms with Gasteiger partial charge in [-0.2, -0.15) is 0 Å². The Morgan fingerprint density at radius 2 is 1.79 bits per heavy atom. The minimum Gasteiger partial charge on any atom is -0.406 e. The lowest BCUT2D eigenvalue weighted by atomic mass is 10.1. The van der Waals surface area contributed by atoms with E-state index in [1.165, 1.54) is 10.6 Å². The molecule has 2 heterocycles. The van der Waals surface area contributed by atoms with Gasteiger partial charge in [0.2, 0.25) is 10.9 Å². The molecule has 0 aliphatic carbocycles. The molecule has 0 fully saturated rings. The first-order chi connectivity index (χ1) is 20.1. The van der Waals surface area contributed by atoms with E-state index in [2.05, 4.69) is 25.6 Å². The van der Waals surface area contributed by atoms with Gasteiger partial charge < -0.3 is 19.9 Å². The maximum Gasteiger partial charge on any atom is 0.573 e. The van der Waals surface area contributed by atoms with E-state index >= 15 is 0 Å². The van der Waals surface area contributed by atoms with Crippen molar-refractivity contribution in [3.63, 3.8) is 0 Å². The molecule has 0 unspecified atom stereocenters. The third-order valence-corrected chi connectivity index (χ3v) is 6.86. The summed E-state index contributed by atoms with van der Waals surface area (Å²) in [7, 11) is 0. The van der Waals surface area contributed by atoms with Gasteiger partial charge in [-0.3, -0.25) is 14.4 Å². The van der Waals surface area contributed by atoms with E-state index < -0.39 is 23.8 Å². The summed E-state index contributed by atoms with van der Waals surface area (Å²) in [6, 6.07) is 14.8.